The van der Waals surface area contributed by atoms with Gasteiger partial charge in [0.1, 0.15) is 23.2 Å². The highest BCUT2D eigenvalue weighted by molar-refractivity contribution is 6.31. The smallest absolute Gasteiger partial charge is 0.418 e. The second-order valence-corrected chi connectivity index (χ2v) is 13.0. The molecule has 0 bridgehead atoms. The Balaban J connectivity index is 0.000000408. The van der Waals surface area contributed by atoms with Gasteiger partial charge in [0.15, 0.2) is 5.82 Å². The summed E-state index contributed by atoms with van der Waals surface area (Å²) in [7, 11) is 5.15. The molecule has 0 radical (unpaired) electrons. The molecule has 1 aromatic carbocycles. The third-order valence-electron chi connectivity index (χ3n) is 9.06. The van der Waals surface area contributed by atoms with Crippen molar-refractivity contribution < 1.29 is 31.5 Å². The molecule has 3 atom stereocenters. The van der Waals surface area contributed by atoms with Gasteiger partial charge < -0.3 is 19.4 Å². The van der Waals surface area contributed by atoms with Crippen LogP contribution in [0.5, 0.6) is 6.01 Å². The number of nitriles is 1. The number of hydrogen-bond donors (Lipinski definition) is 0. The highest BCUT2D eigenvalue weighted by Crippen LogP contribution is 2.42. The molecule has 6 rings (SSSR count). The van der Waals surface area contributed by atoms with Gasteiger partial charge in [-0.05, 0) is 52.9 Å². The van der Waals surface area contributed by atoms with Crippen molar-refractivity contribution in [3.05, 3.63) is 53.0 Å². The van der Waals surface area contributed by atoms with Crippen molar-refractivity contribution in [2.45, 2.75) is 57.5 Å². The van der Waals surface area contributed by atoms with Crippen molar-refractivity contribution in [3.8, 4) is 23.3 Å². The number of pyridine rings is 1. The zero-order valence-corrected chi connectivity index (χ0v) is 30.0. The summed E-state index contributed by atoms with van der Waals surface area (Å²) in [5.41, 5.74) is -2.47. The van der Waals surface area contributed by atoms with E-state index in [9.17, 15) is 22.4 Å². The zero-order chi connectivity index (χ0) is 37.5. The van der Waals surface area contributed by atoms with Crippen LogP contribution >= 0.6 is 11.6 Å². The van der Waals surface area contributed by atoms with Gasteiger partial charge in [-0.15, -0.1) is 0 Å². The number of aromatic nitrogens is 3. The van der Waals surface area contributed by atoms with E-state index in [1.807, 2.05) is 36.9 Å². The molecule has 3 aromatic rings. The fraction of sp³-hybridized carbons (Fsp3) is 0.514. The first-order chi connectivity index (χ1) is 24.2. The van der Waals surface area contributed by atoms with Crippen LogP contribution < -0.4 is 9.64 Å². The third-order valence-corrected chi connectivity index (χ3v) is 9.38. The molecule has 0 saturated carbocycles. The zero-order valence-electron chi connectivity index (χ0n) is 29.2. The summed E-state index contributed by atoms with van der Waals surface area (Å²) < 4.78 is 74.8. The summed E-state index contributed by atoms with van der Waals surface area (Å²) in [6.07, 6.45) is 2.60. The van der Waals surface area contributed by atoms with E-state index in [4.69, 9.17) is 21.6 Å². The summed E-state index contributed by atoms with van der Waals surface area (Å²) in [5.74, 6) is -0.871. The number of hydrogen-bond acceptors (Lipinski definition) is 9. The van der Waals surface area contributed by atoms with E-state index in [1.54, 1.807) is 17.0 Å². The average Bonchev–Trinajstić information content (AvgIpc) is 3.68. The topological polar surface area (TPSA) is 102 Å². The van der Waals surface area contributed by atoms with Gasteiger partial charge in [-0.25, -0.2) is 8.78 Å². The molecular weight excluding hydrogens is 695 g/mol. The predicted octanol–water partition coefficient (Wildman–Crippen LogP) is 6.39. The number of fused-ring (bicyclic) bond motifs is 2. The van der Waals surface area contributed by atoms with Gasteiger partial charge in [0, 0.05) is 69.6 Å². The Morgan fingerprint density at radius 2 is 1.86 bits per heavy atom. The molecule has 3 unspecified atom stereocenters. The minimum atomic E-state index is -4.83. The van der Waals surface area contributed by atoms with Crippen molar-refractivity contribution in [3.63, 3.8) is 0 Å². The van der Waals surface area contributed by atoms with Crippen molar-refractivity contribution in [2.75, 3.05) is 65.4 Å². The third kappa shape index (κ3) is 9.61. The van der Waals surface area contributed by atoms with Crippen molar-refractivity contribution in [1.29, 1.82) is 5.26 Å². The van der Waals surface area contributed by atoms with Crippen LogP contribution in [0.2, 0.25) is 5.02 Å². The van der Waals surface area contributed by atoms with E-state index in [1.165, 1.54) is 39.1 Å². The van der Waals surface area contributed by atoms with Gasteiger partial charge in [-0.3, -0.25) is 14.7 Å². The number of nitrogens with zero attached hydrogens (tertiary/aromatic N) is 8. The van der Waals surface area contributed by atoms with Gasteiger partial charge in [0.25, 0.3) is 0 Å². The molecule has 0 spiro atoms. The molecule has 0 aliphatic carbocycles. The predicted molar refractivity (Wildman–Crippen MR) is 186 cm³/mol. The number of piperazine rings is 1. The van der Waals surface area contributed by atoms with Crippen molar-refractivity contribution >= 4 is 34.2 Å². The lowest BCUT2D eigenvalue weighted by Crippen LogP contribution is -2.48. The number of methoxy groups -OCH3 is 1. The van der Waals surface area contributed by atoms with Crippen LogP contribution in [0.4, 0.5) is 27.8 Å². The van der Waals surface area contributed by atoms with E-state index in [-0.39, 0.29) is 28.9 Å². The molecule has 3 saturated heterocycles. The van der Waals surface area contributed by atoms with Crippen LogP contribution in [0.25, 0.3) is 22.2 Å². The molecule has 3 aliphatic heterocycles. The molecule has 51 heavy (non-hydrogen) atoms. The Bertz CT molecular complexity index is 1730. The molecule has 276 valence electrons. The number of benzene rings is 1. The number of carbonyl (C=O) groups is 1. The maximum atomic E-state index is 15.8. The summed E-state index contributed by atoms with van der Waals surface area (Å²) in [6.45, 7) is 6.81. The first kappa shape index (κ1) is 39.7. The lowest BCUT2D eigenvalue weighted by Gasteiger charge is -2.35. The number of rotatable bonds is 6. The van der Waals surface area contributed by atoms with E-state index < -0.39 is 40.0 Å². The highest BCUT2D eigenvalue weighted by atomic mass is 35.5. The molecule has 3 fully saturated rings. The van der Waals surface area contributed by atoms with Gasteiger partial charge in [0.05, 0.1) is 29.2 Å². The standard InChI is InChI=1S/C26H27ClF4N6O2.C7H12FN.C2H3N/c1-15(35(2)3)8-9-19(38)36-10-12-37(13-11-36)24-17-14-32-22(21(28)23(17)33-25(34-24)39-4)16-6-5-7-18(27)20(16)26(29,30)31;8-6-4-7-2-1-3-9(7)5-6;1-2-3/h5-9,14-15H,10-13H2,1-4H3;6-7H,1-5H2;1H3/b9-8+;;. The SMILES string of the molecule is CC#N.COc1nc(N2CCN(C(=O)/C=C/C(C)N(C)C)CC2)c2cnc(-c3cccc(Cl)c3C(F)(F)F)c(F)c2n1.FC1CC2CCCN2C1. The second-order valence-electron chi connectivity index (χ2n) is 12.6. The number of amides is 1. The average molecular weight is 737 g/mol. The van der Waals surface area contributed by atoms with E-state index >= 15 is 4.39 Å². The van der Waals surface area contributed by atoms with Gasteiger partial charge in [-0.1, -0.05) is 29.8 Å². The van der Waals surface area contributed by atoms with Gasteiger partial charge in [-0.2, -0.15) is 28.4 Å². The second kappa shape index (κ2) is 17.4. The molecule has 2 aromatic heterocycles. The number of likely N-dealkylation sites (N-methyl/N-ethyl adjacent to an activating group) is 1. The Morgan fingerprint density at radius 1 is 1.18 bits per heavy atom. The van der Waals surface area contributed by atoms with Crippen LogP contribution in [0.1, 0.15) is 38.7 Å². The monoisotopic (exact) mass is 736 g/mol. The molecule has 16 heteroatoms. The number of anilines is 1. The fourth-order valence-electron chi connectivity index (χ4n) is 6.22. The quantitative estimate of drug-likeness (QED) is 0.211. The van der Waals surface area contributed by atoms with E-state index in [0.717, 1.165) is 25.1 Å². The Morgan fingerprint density at radius 3 is 2.47 bits per heavy atom. The van der Waals surface area contributed by atoms with Gasteiger partial charge in [0.2, 0.25) is 5.91 Å². The van der Waals surface area contributed by atoms with Crippen LogP contribution in [-0.4, -0.2) is 114 Å². The summed E-state index contributed by atoms with van der Waals surface area (Å²) in [4.78, 5) is 32.9. The Labute approximate surface area is 299 Å². The minimum absolute atomic E-state index is 0.0986. The van der Waals surface area contributed by atoms with Crippen LogP contribution in [0, 0.1) is 17.1 Å². The number of alkyl halides is 4. The fourth-order valence-corrected chi connectivity index (χ4v) is 6.50. The highest BCUT2D eigenvalue weighted by Gasteiger charge is 2.38. The first-order valence-electron chi connectivity index (χ1n) is 16.5. The molecule has 1 amide bonds. The Hall–Kier alpha value is -4.13. The van der Waals surface area contributed by atoms with E-state index in [0.29, 0.717) is 44.6 Å². The van der Waals surface area contributed by atoms with Crippen LogP contribution in [-0.2, 0) is 11.0 Å². The minimum Gasteiger partial charge on any atom is -0.467 e. The van der Waals surface area contributed by atoms with Crippen molar-refractivity contribution in [2.24, 2.45) is 0 Å². The van der Waals surface area contributed by atoms with Crippen LogP contribution in [0.15, 0.2) is 36.5 Å². The van der Waals surface area contributed by atoms with Crippen molar-refractivity contribution in [1.82, 2.24) is 29.7 Å². The molecule has 5 heterocycles. The van der Waals surface area contributed by atoms with Crippen LogP contribution in [0.3, 0.4) is 0 Å². The summed E-state index contributed by atoms with van der Waals surface area (Å²) >= 11 is 5.84. The molecule has 10 nitrogen and oxygen atoms in total. The number of halogens is 6. The molecular formula is C35H42ClF5N8O2. The Kier molecular flexibility index (Phi) is 13.5. The van der Waals surface area contributed by atoms with E-state index in [2.05, 4.69) is 19.9 Å². The largest absolute Gasteiger partial charge is 0.467 e. The first-order valence-corrected chi connectivity index (χ1v) is 16.9. The molecule has 0 N–H and O–H groups in total. The lowest BCUT2D eigenvalue weighted by molar-refractivity contribution is -0.137. The molecule has 3 aliphatic rings. The number of carbonyl (C=O) groups excluding carboxylic acids is 1. The summed E-state index contributed by atoms with van der Waals surface area (Å²) in [6, 6.07) is 5.78. The number of ether oxygens (including phenoxy) is 1. The van der Waals surface area contributed by atoms with Gasteiger partial charge >= 0.3 is 12.2 Å². The maximum absolute atomic E-state index is 15.8. The normalized spacial score (nSPS) is 19.7. The summed E-state index contributed by atoms with van der Waals surface area (Å²) in [5, 5.41) is 6.95. The lowest BCUT2D eigenvalue weighted by atomic mass is 10.0. The maximum Gasteiger partial charge on any atom is 0.418 e.